The van der Waals surface area contributed by atoms with Gasteiger partial charge in [0.2, 0.25) is 0 Å². The van der Waals surface area contributed by atoms with Gasteiger partial charge in [-0.25, -0.2) is 4.39 Å². The summed E-state index contributed by atoms with van der Waals surface area (Å²) >= 11 is 0. The number of benzene rings is 2. The number of rotatable bonds is 5. The van der Waals surface area contributed by atoms with Crippen LogP contribution in [0.2, 0.25) is 0 Å². The van der Waals surface area contributed by atoms with Crippen molar-refractivity contribution in [2.75, 3.05) is 17.7 Å². The Morgan fingerprint density at radius 3 is 2.81 bits per heavy atom. The van der Waals surface area contributed by atoms with Crippen LogP contribution in [0.25, 0.3) is 11.1 Å². The number of nitrogen functional groups attached to an aromatic ring is 1. The highest BCUT2D eigenvalue weighted by Crippen LogP contribution is 2.28. The number of aromatic nitrogens is 1. The first-order valence-electron chi connectivity index (χ1n) is 8.12. The molecule has 5 nitrogen and oxygen atoms in total. The molecule has 0 saturated carbocycles. The highest BCUT2D eigenvalue weighted by molar-refractivity contribution is 6.05. The van der Waals surface area contributed by atoms with E-state index < -0.39 is 11.7 Å². The molecule has 1 amide bonds. The van der Waals surface area contributed by atoms with E-state index in [0.717, 1.165) is 0 Å². The molecular formula is C20H18FN3O2. The maximum Gasteiger partial charge on any atom is 0.255 e. The fraction of sp³-hybridized carbons (Fsp3) is 0.100. The second kappa shape index (κ2) is 7.65. The summed E-state index contributed by atoms with van der Waals surface area (Å²) < 4.78 is 19.6. The quantitative estimate of drug-likeness (QED) is 0.725. The molecule has 0 atom stereocenters. The highest BCUT2D eigenvalue weighted by atomic mass is 19.1. The number of carbonyl (C=O) groups excluding carboxylic acids is 1. The third-order valence-corrected chi connectivity index (χ3v) is 3.76. The number of pyridine rings is 1. The number of para-hydroxylation sites is 2. The predicted molar refractivity (Wildman–Crippen MR) is 99.6 cm³/mol. The van der Waals surface area contributed by atoms with E-state index in [1.165, 1.54) is 18.3 Å². The summed E-state index contributed by atoms with van der Waals surface area (Å²) in [5.41, 5.74) is 8.14. The Morgan fingerprint density at radius 1 is 1.23 bits per heavy atom. The molecule has 0 unspecified atom stereocenters. The zero-order valence-corrected chi connectivity index (χ0v) is 14.2. The van der Waals surface area contributed by atoms with Gasteiger partial charge in [0.25, 0.3) is 5.91 Å². The minimum Gasteiger partial charge on any atom is -0.492 e. The molecule has 0 fully saturated rings. The lowest BCUT2D eigenvalue weighted by Crippen LogP contribution is -2.13. The number of anilines is 2. The fourth-order valence-electron chi connectivity index (χ4n) is 2.59. The van der Waals surface area contributed by atoms with E-state index in [1.54, 1.807) is 36.5 Å². The van der Waals surface area contributed by atoms with Gasteiger partial charge in [0.1, 0.15) is 11.6 Å². The molecule has 3 rings (SSSR count). The van der Waals surface area contributed by atoms with Crippen molar-refractivity contribution in [1.29, 1.82) is 0 Å². The SMILES string of the molecule is CCOc1ccccc1NC(=O)c1cc(F)cc(-c2ccncc2N)c1. The molecule has 0 spiro atoms. The first kappa shape index (κ1) is 17.4. The van der Waals surface area contributed by atoms with Gasteiger partial charge in [-0.15, -0.1) is 0 Å². The van der Waals surface area contributed by atoms with Crippen LogP contribution >= 0.6 is 0 Å². The second-order valence-electron chi connectivity index (χ2n) is 5.57. The minimum absolute atomic E-state index is 0.183. The fourth-order valence-corrected chi connectivity index (χ4v) is 2.59. The molecule has 0 aliphatic heterocycles. The zero-order valence-electron chi connectivity index (χ0n) is 14.2. The van der Waals surface area contributed by atoms with E-state index in [4.69, 9.17) is 10.5 Å². The standard InChI is InChI=1S/C20H18FN3O2/c1-2-26-19-6-4-3-5-18(19)24-20(25)14-9-13(10-15(21)11-14)16-7-8-23-12-17(16)22/h3-12H,2,22H2,1H3,(H,24,25). The number of hydrogen-bond donors (Lipinski definition) is 2. The molecule has 1 heterocycles. The van der Waals surface area contributed by atoms with Crippen molar-refractivity contribution in [2.24, 2.45) is 0 Å². The third-order valence-electron chi connectivity index (χ3n) is 3.76. The molecule has 3 N–H and O–H groups in total. The molecule has 0 bridgehead atoms. The van der Waals surface area contributed by atoms with Crippen molar-refractivity contribution in [3.8, 4) is 16.9 Å². The summed E-state index contributed by atoms with van der Waals surface area (Å²) in [7, 11) is 0. The number of amides is 1. The van der Waals surface area contributed by atoms with Crippen LogP contribution < -0.4 is 15.8 Å². The van der Waals surface area contributed by atoms with Crippen molar-refractivity contribution in [3.05, 3.63) is 72.3 Å². The molecule has 132 valence electrons. The van der Waals surface area contributed by atoms with Crippen LogP contribution in [0.5, 0.6) is 5.75 Å². The van der Waals surface area contributed by atoms with Crippen LogP contribution in [-0.4, -0.2) is 17.5 Å². The molecule has 26 heavy (non-hydrogen) atoms. The van der Waals surface area contributed by atoms with Crippen molar-refractivity contribution in [3.63, 3.8) is 0 Å². The summed E-state index contributed by atoms with van der Waals surface area (Å²) in [5, 5.41) is 2.76. The van der Waals surface area contributed by atoms with Crippen molar-refractivity contribution >= 4 is 17.3 Å². The molecule has 0 aliphatic carbocycles. The molecule has 0 radical (unpaired) electrons. The van der Waals surface area contributed by atoms with Gasteiger partial charge >= 0.3 is 0 Å². The van der Waals surface area contributed by atoms with Gasteiger partial charge in [-0.05, 0) is 48.9 Å². The van der Waals surface area contributed by atoms with E-state index >= 15 is 0 Å². The number of nitrogens with zero attached hydrogens (tertiary/aromatic N) is 1. The molecule has 3 aromatic rings. The van der Waals surface area contributed by atoms with E-state index in [9.17, 15) is 9.18 Å². The van der Waals surface area contributed by atoms with Gasteiger partial charge in [0, 0.05) is 17.3 Å². The maximum atomic E-state index is 14.1. The maximum absolute atomic E-state index is 14.1. The smallest absolute Gasteiger partial charge is 0.255 e. The average Bonchev–Trinajstić information content (AvgIpc) is 2.63. The molecule has 0 saturated heterocycles. The molecule has 2 aromatic carbocycles. The largest absolute Gasteiger partial charge is 0.492 e. The first-order chi connectivity index (χ1) is 12.6. The van der Waals surface area contributed by atoms with Gasteiger partial charge in [0.15, 0.2) is 0 Å². The van der Waals surface area contributed by atoms with Crippen LogP contribution in [0.3, 0.4) is 0 Å². The van der Waals surface area contributed by atoms with Gasteiger partial charge in [-0.2, -0.15) is 0 Å². The minimum atomic E-state index is -0.526. The van der Waals surface area contributed by atoms with Gasteiger partial charge < -0.3 is 15.8 Å². The molecular weight excluding hydrogens is 333 g/mol. The Bertz CT molecular complexity index is 944. The summed E-state index contributed by atoms with van der Waals surface area (Å²) in [5.74, 6) is -0.411. The summed E-state index contributed by atoms with van der Waals surface area (Å²) in [6.45, 7) is 2.33. The molecule has 1 aromatic heterocycles. The Hall–Kier alpha value is -3.41. The normalized spacial score (nSPS) is 10.4. The number of carbonyl (C=O) groups is 1. The summed E-state index contributed by atoms with van der Waals surface area (Å²) in [6.07, 6.45) is 3.05. The van der Waals surface area contributed by atoms with Gasteiger partial charge in [0.05, 0.1) is 24.2 Å². The summed E-state index contributed by atoms with van der Waals surface area (Å²) in [4.78, 5) is 16.5. The lowest BCUT2D eigenvalue weighted by Gasteiger charge is -2.12. The number of nitrogens with one attached hydrogen (secondary N) is 1. The molecule has 6 heteroatoms. The van der Waals surface area contributed by atoms with Crippen LogP contribution in [0.4, 0.5) is 15.8 Å². The topological polar surface area (TPSA) is 77.2 Å². The number of ether oxygens (including phenoxy) is 1. The van der Waals surface area contributed by atoms with Crippen LogP contribution in [0, 0.1) is 5.82 Å². The monoisotopic (exact) mass is 351 g/mol. The Balaban J connectivity index is 1.93. The van der Waals surface area contributed by atoms with Crippen molar-refractivity contribution in [2.45, 2.75) is 6.92 Å². The first-order valence-corrected chi connectivity index (χ1v) is 8.12. The number of hydrogen-bond acceptors (Lipinski definition) is 4. The molecule has 0 aliphatic rings. The number of halogens is 1. The highest BCUT2D eigenvalue weighted by Gasteiger charge is 2.13. The second-order valence-corrected chi connectivity index (χ2v) is 5.57. The van der Waals surface area contributed by atoms with Crippen LogP contribution in [0.15, 0.2) is 60.9 Å². The Kier molecular flexibility index (Phi) is 5.12. The van der Waals surface area contributed by atoms with Crippen LogP contribution in [-0.2, 0) is 0 Å². The van der Waals surface area contributed by atoms with E-state index in [1.807, 2.05) is 13.0 Å². The Morgan fingerprint density at radius 2 is 2.04 bits per heavy atom. The third kappa shape index (κ3) is 3.80. The van der Waals surface area contributed by atoms with Crippen LogP contribution in [0.1, 0.15) is 17.3 Å². The average molecular weight is 351 g/mol. The number of nitrogens with two attached hydrogens (primary N) is 1. The van der Waals surface area contributed by atoms with Gasteiger partial charge in [-0.3, -0.25) is 9.78 Å². The van der Waals surface area contributed by atoms with Crippen molar-refractivity contribution < 1.29 is 13.9 Å². The van der Waals surface area contributed by atoms with Gasteiger partial charge in [-0.1, -0.05) is 12.1 Å². The lowest BCUT2D eigenvalue weighted by molar-refractivity contribution is 0.102. The van der Waals surface area contributed by atoms with E-state index in [0.29, 0.717) is 34.9 Å². The van der Waals surface area contributed by atoms with E-state index in [2.05, 4.69) is 10.3 Å². The summed E-state index contributed by atoms with van der Waals surface area (Å²) in [6, 6.07) is 12.9. The van der Waals surface area contributed by atoms with E-state index in [-0.39, 0.29) is 5.56 Å². The predicted octanol–water partition coefficient (Wildman–Crippen LogP) is 4.12. The van der Waals surface area contributed by atoms with Crippen molar-refractivity contribution in [1.82, 2.24) is 4.98 Å². The zero-order chi connectivity index (χ0) is 18.5. The lowest BCUT2D eigenvalue weighted by atomic mass is 10.0. The Labute approximate surface area is 150 Å².